The zero-order valence-corrected chi connectivity index (χ0v) is 11.4. The molecular weight excluding hydrogens is 260 g/mol. The summed E-state index contributed by atoms with van der Waals surface area (Å²) < 4.78 is 0. The summed E-state index contributed by atoms with van der Waals surface area (Å²) in [5.41, 5.74) is 3.09. The second kappa shape index (κ2) is 7.37. The summed E-state index contributed by atoms with van der Waals surface area (Å²) in [5.74, 6) is 0. The monoisotopic (exact) mass is 274 g/mol. The van der Waals surface area contributed by atoms with Crippen LogP contribution in [-0.2, 0) is 6.54 Å². The molecule has 0 unspecified atom stereocenters. The fourth-order valence-electron chi connectivity index (χ4n) is 1.73. The van der Waals surface area contributed by atoms with Crippen molar-refractivity contribution in [2.75, 3.05) is 10.6 Å². The summed E-state index contributed by atoms with van der Waals surface area (Å²) in [7, 11) is 0. The van der Waals surface area contributed by atoms with Crippen LogP contribution in [-0.4, -0.2) is 0 Å². The Labute approximate surface area is 124 Å². The van der Waals surface area contributed by atoms with Gasteiger partial charge in [-0.05, 0) is 29.8 Å². The van der Waals surface area contributed by atoms with Gasteiger partial charge in [0.1, 0.15) is 17.7 Å². The van der Waals surface area contributed by atoms with Crippen LogP contribution in [0.15, 0.2) is 66.4 Å². The summed E-state index contributed by atoms with van der Waals surface area (Å²) in [4.78, 5) is 0. The van der Waals surface area contributed by atoms with Crippen LogP contribution in [0.5, 0.6) is 0 Å². The Balaban J connectivity index is 1.92. The largest absolute Gasteiger partial charge is 0.381 e. The second-order valence-corrected chi connectivity index (χ2v) is 4.34. The SMILES string of the molecule is N#CC(C#N)=CNc1ccc(NCc2ccccc2)cc1. The van der Waals surface area contributed by atoms with E-state index in [1.165, 1.54) is 11.8 Å². The first kappa shape index (κ1) is 14.2. The third kappa shape index (κ3) is 4.41. The molecule has 2 aromatic rings. The summed E-state index contributed by atoms with van der Waals surface area (Å²) in [5, 5.41) is 23.5. The molecule has 2 rings (SSSR count). The molecule has 0 aliphatic rings. The van der Waals surface area contributed by atoms with Gasteiger partial charge in [0.15, 0.2) is 0 Å². The van der Waals surface area contributed by atoms with Gasteiger partial charge in [0, 0.05) is 24.1 Å². The number of hydrogen-bond acceptors (Lipinski definition) is 4. The van der Waals surface area contributed by atoms with Crippen LogP contribution in [0.4, 0.5) is 11.4 Å². The maximum Gasteiger partial charge on any atom is 0.145 e. The van der Waals surface area contributed by atoms with Gasteiger partial charge in [0.25, 0.3) is 0 Å². The molecule has 21 heavy (non-hydrogen) atoms. The number of anilines is 2. The van der Waals surface area contributed by atoms with Crippen molar-refractivity contribution >= 4 is 11.4 Å². The standard InChI is InChI=1S/C17H14N4/c18-10-15(11-19)13-21-17-8-6-16(7-9-17)20-12-14-4-2-1-3-5-14/h1-9,13,20-21H,12H2. The van der Waals surface area contributed by atoms with Gasteiger partial charge in [0.05, 0.1) is 0 Å². The zero-order valence-electron chi connectivity index (χ0n) is 11.4. The number of hydrogen-bond donors (Lipinski definition) is 2. The molecule has 0 heterocycles. The van der Waals surface area contributed by atoms with E-state index in [0.29, 0.717) is 0 Å². The highest BCUT2D eigenvalue weighted by molar-refractivity contribution is 5.56. The number of allylic oxidation sites excluding steroid dienone is 1. The number of nitriles is 2. The highest BCUT2D eigenvalue weighted by Gasteiger charge is 1.95. The van der Waals surface area contributed by atoms with Gasteiger partial charge >= 0.3 is 0 Å². The maximum atomic E-state index is 8.64. The maximum absolute atomic E-state index is 8.64. The molecular formula is C17H14N4. The molecule has 0 atom stereocenters. The normalized spacial score (nSPS) is 9.05. The molecule has 2 N–H and O–H groups in total. The van der Waals surface area contributed by atoms with Crippen LogP contribution in [0.2, 0.25) is 0 Å². The van der Waals surface area contributed by atoms with Crippen LogP contribution in [0.1, 0.15) is 5.56 Å². The van der Waals surface area contributed by atoms with E-state index in [1.807, 2.05) is 42.5 Å². The lowest BCUT2D eigenvalue weighted by molar-refractivity contribution is 1.15. The van der Waals surface area contributed by atoms with Crippen molar-refractivity contribution in [2.45, 2.75) is 6.54 Å². The van der Waals surface area contributed by atoms with Crippen LogP contribution in [0.3, 0.4) is 0 Å². The molecule has 4 nitrogen and oxygen atoms in total. The molecule has 0 spiro atoms. The van der Waals surface area contributed by atoms with E-state index in [-0.39, 0.29) is 5.57 Å². The Morgan fingerprint density at radius 1 is 0.905 bits per heavy atom. The average Bonchev–Trinajstić information content (AvgIpc) is 2.56. The summed E-state index contributed by atoms with van der Waals surface area (Å²) >= 11 is 0. The summed E-state index contributed by atoms with van der Waals surface area (Å²) in [6, 6.07) is 21.4. The van der Waals surface area contributed by atoms with Gasteiger partial charge in [-0.1, -0.05) is 30.3 Å². The summed E-state index contributed by atoms with van der Waals surface area (Å²) in [6.07, 6.45) is 1.40. The Bertz CT molecular complexity index is 672. The van der Waals surface area contributed by atoms with E-state index in [4.69, 9.17) is 10.5 Å². The fraction of sp³-hybridized carbons (Fsp3) is 0.0588. The lowest BCUT2D eigenvalue weighted by Gasteiger charge is -2.07. The Morgan fingerprint density at radius 3 is 2.14 bits per heavy atom. The molecule has 0 saturated heterocycles. The van der Waals surface area contributed by atoms with Crippen molar-refractivity contribution in [3.8, 4) is 12.1 Å². The molecule has 0 aliphatic heterocycles. The zero-order chi connectivity index (χ0) is 14.9. The third-order valence-electron chi connectivity index (χ3n) is 2.85. The van der Waals surface area contributed by atoms with Crippen LogP contribution >= 0.6 is 0 Å². The van der Waals surface area contributed by atoms with Crippen molar-refractivity contribution in [1.29, 1.82) is 10.5 Å². The molecule has 0 aliphatic carbocycles. The van der Waals surface area contributed by atoms with E-state index in [2.05, 4.69) is 22.8 Å². The fourth-order valence-corrected chi connectivity index (χ4v) is 1.73. The topological polar surface area (TPSA) is 71.6 Å². The van der Waals surface area contributed by atoms with E-state index >= 15 is 0 Å². The number of nitrogens with one attached hydrogen (secondary N) is 2. The first-order valence-corrected chi connectivity index (χ1v) is 6.46. The van der Waals surface area contributed by atoms with Crippen LogP contribution < -0.4 is 10.6 Å². The lowest BCUT2D eigenvalue weighted by Crippen LogP contribution is -1.99. The molecule has 0 bridgehead atoms. The summed E-state index contributed by atoms with van der Waals surface area (Å²) in [6.45, 7) is 0.764. The van der Waals surface area contributed by atoms with Crippen LogP contribution in [0.25, 0.3) is 0 Å². The Hall–Kier alpha value is -3.24. The third-order valence-corrected chi connectivity index (χ3v) is 2.85. The minimum atomic E-state index is 0.0429. The Morgan fingerprint density at radius 2 is 1.52 bits per heavy atom. The van der Waals surface area contributed by atoms with E-state index in [1.54, 1.807) is 12.1 Å². The number of benzene rings is 2. The van der Waals surface area contributed by atoms with Crippen molar-refractivity contribution in [2.24, 2.45) is 0 Å². The predicted octanol–water partition coefficient (Wildman–Crippen LogP) is 3.64. The number of rotatable bonds is 5. The highest BCUT2D eigenvalue weighted by atomic mass is 14.9. The molecule has 0 saturated carbocycles. The average molecular weight is 274 g/mol. The van der Waals surface area contributed by atoms with E-state index < -0.39 is 0 Å². The number of nitrogens with zero attached hydrogens (tertiary/aromatic N) is 2. The molecule has 4 heteroatoms. The molecule has 0 amide bonds. The molecule has 2 aromatic carbocycles. The molecule has 0 aromatic heterocycles. The van der Waals surface area contributed by atoms with E-state index in [9.17, 15) is 0 Å². The first-order valence-electron chi connectivity index (χ1n) is 6.46. The van der Waals surface area contributed by atoms with Gasteiger partial charge in [-0.25, -0.2) is 0 Å². The quantitative estimate of drug-likeness (QED) is 0.816. The van der Waals surface area contributed by atoms with Crippen molar-refractivity contribution in [3.05, 3.63) is 71.9 Å². The predicted molar refractivity (Wildman–Crippen MR) is 83.1 cm³/mol. The van der Waals surface area contributed by atoms with Gasteiger partial charge in [-0.15, -0.1) is 0 Å². The minimum absolute atomic E-state index is 0.0429. The first-order chi connectivity index (χ1) is 10.3. The second-order valence-electron chi connectivity index (χ2n) is 4.34. The lowest BCUT2D eigenvalue weighted by atomic mass is 10.2. The molecule has 0 fully saturated rings. The van der Waals surface area contributed by atoms with Gasteiger partial charge in [-0.3, -0.25) is 0 Å². The Kier molecular flexibility index (Phi) is 4.98. The van der Waals surface area contributed by atoms with Crippen molar-refractivity contribution < 1.29 is 0 Å². The van der Waals surface area contributed by atoms with Crippen molar-refractivity contribution in [3.63, 3.8) is 0 Å². The van der Waals surface area contributed by atoms with Gasteiger partial charge in [-0.2, -0.15) is 10.5 Å². The highest BCUT2D eigenvalue weighted by Crippen LogP contribution is 2.14. The van der Waals surface area contributed by atoms with Gasteiger partial charge < -0.3 is 10.6 Å². The van der Waals surface area contributed by atoms with Crippen LogP contribution in [0, 0.1) is 22.7 Å². The molecule has 102 valence electrons. The minimum Gasteiger partial charge on any atom is -0.381 e. The molecule has 0 radical (unpaired) electrons. The van der Waals surface area contributed by atoms with Crippen molar-refractivity contribution in [1.82, 2.24) is 0 Å². The van der Waals surface area contributed by atoms with Gasteiger partial charge in [0.2, 0.25) is 0 Å². The van der Waals surface area contributed by atoms with E-state index in [0.717, 1.165) is 17.9 Å². The smallest absolute Gasteiger partial charge is 0.145 e.